The van der Waals surface area contributed by atoms with Crippen LogP contribution in [-0.4, -0.2) is 27.5 Å². The number of amides is 2. The van der Waals surface area contributed by atoms with Crippen LogP contribution in [0, 0.1) is 0 Å². The smallest absolute Gasteiger partial charge is 0.257 e. The van der Waals surface area contributed by atoms with Gasteiger partial charge in [0.15, 0.2) is 5.13 Å². The number of carbonyl (C=O) groups excluding carboxylic acids is 2. The number of carbonyl (C=O) groups is 2. The van der Waals surface area contributed by atoms with E-state index in [2.05, 4.69) is 15.3 Å². The summed E-state index contributed by atoms with van der Waals surface area (Å²) in [6.45, 7) is 0.442. The van der Waals surface area contributed by atoms with Crippen LogP contribution in [0.5, 0.6) is 0 Å². The zero-order chi connectivity index (χ0) is 20.5. The molecule has 0 atom stereocenters. The first-order valence-electron chi connectivity index (χ1n) is 9.31. The Labute approximate surface area is 181 Å². The highest BCUT2D eigenvalue weighted by Gasteiger charge is 2.25. The van der Waals surface area contributed by atoms with Gasteiger partial charge in [-0.1, -0.05) is 47.4 Å². The Bertz CT molecular complexity index is 1220. The largest absolute Gasteiger partial charge is 0.305 e. The van der Waals surface area contributed by atoms with Crippen LogP contribution in [0.25, 0.3) is 10.2 Å². The number of aromatic nitrogens is 2. The average Bonchev–Trinajstić information content (AvgIpc) is 3.18. The maximum Gasteiger partial charge on any atom is 0.257 e. The van der Waals surface area contributed by atoms with Crippen molar-refractivity contribution in [1.29, 1.82) is 0 Å². The van der Waals surface area contributed by atoms with Gasteiger partial charge in [-0.15, -0.1) is 0 Å². The van der Waals surface area contributed by atoms with Gasteiger partial charge < -0.3 is 4.90 Å². The Balaban J connectivity index is 1.31. The molecule has 3 heterocycles. The lowest BCUT2D eigenvalue weighted by Crippen LogP contribution is -2.35. The summed E-state index contributed by atoms with van der Waals surface area (Å²) in [6, 6.07) is 18.8. The quantitative estimate of drug-likeness (QED) is 0.511. The van der Waals surface area contributed by atoms with E-state index in [1.807, 2.05) is 48.5 Å². The van der Waals surface area contributed by atoms with Crippen LogP contribution in [-0.2, 0) is 11.3 Å². The summed E-state index contributed by atoms with van der Waals surface area (Å²) in [4.78, 5) is 35.5. The number of nitrogens with zero attached hydrogens (tertiary/aromatic N) is 3. The van der Waals surface area contributed by atoms with Crippen LogP contribution >= 0.6 is 23.1 Å². The van der Waals surface area contributed by atoms with E-state index < -0.39 is 0 Å². The maximum absolute atomic E-state index is 12.6. The highest BCUT2D eigenvalue weighted by Crippen LogP contribution is 2.34. The predicted octanol–water partition coefficient (Wildman–Crippen LogP) is 4.58. The van der Waals surface area contributed by atoms with E-state index >= 15 is 0 Å². The molecule has 0 unspecified atom stereocenters. The number of pyridine rings is 1. The number of nitrogens with one attached hydrogen (secondary N) is 1. The monoisotopic (exact) mass is 432 g/mol. The molecule has 0 saturated carbocycles. The maximum atomic E-state index is 12.6. The van der Waals surface area contributed by atoms with Crippen LogP contribution in [0.4, 0.5) is 10.8 Å². The molecule has 8 heteroatoms. The lowest BCUT2D eigenvalue weighted by molar-refractivity contribution is -0.116. The average molecular weight is 433 g/mol. The zero-order valence-electron chi connectivity index (χ0n) is 15.7. The minimum absolute atomic E-state index is 0.0538. The minimum Gasteiger partial charge on any atom is -0.305 e. The molecule has 0 radical (unpaired) electrons. The number of rotatable bonds is 4. The van der Waals surface area contributed by atoms with Crippen molar-refractivity contribution in [2.75, 3.05) is 16.0 Å². The number of hydrogen-bond acceptors (Lipinski definition) is 6. The van der Waals surface area contributed by atoms with Crippen molar-refractivity contribution in [3.8, 4) is 0 Å². The first-order chi connectivity index (χ1) is 14.7. The van der Waals surface area contributed by atoms with Gasteiger partial charge >= 0.3 is 0 Å². The fourth-order valence-electron chi connectivity index (χ4n) is 3.25. The van der Waals surface area contributed by atoms with Gasteiger partial charge in [0.2, 0.25) is 5.91 Å². The van der Waals surface area contributed by atoms with Gasteiger partial charge in [-0.05, 0) is 42.0 Å². The third-order valence-electron chi connectivity index (χ3n) is 4.75. The van der Waals surface area contributed by atoms with Crippen molar-refractivity contribution in [2.24, 2.45) is 0 Å². The summed E-state index contributed by atoms with van der Waals surface area (Å²) in [5.41, 5.74) is 3.19. The van der Waals surface area contributed by atoms with Crippen molar-refractivity contribution < 1.29 is 9.59 Å². The van der Waals surface area contributed by atoms with E-state index in [9.17, 15) is 9.59 Å². The van der Waals surface area contributed by atoms with E-state index in [0.29, 0.717) is 23.0 Å². The first-order valence-corrected chi connectivity index (χ1v) is 11.1. The van der Waals surface area contributed by atoms with Gasteiger partial charge in [0, 0.05) is 11.8 Å². The van der Waals surface area contributed by atoms with Crippen LogP contribution in [0.15, 0.2) is 71.9 Å². The van der Waals surface area contributed by atoms with Gasteiger partial charge in [0.25, 0.3) is 5.91 Å². The van der Waals surface area contributed by atoms with E-state index in [0.717, 1.165) is 26.5 Å². The summed E-state index contributed by atoms with van der Waals surface area (Å²) in [6.07, 6.45) is 1.73. The second kappa shape index (κ2) is 7.89. The van der Waals surface area contributed by atoms with E-state index in [1.165, 1.54) is 23.1 Å². The highest BCUT2D eigenvalue weighted by molar-refractivity contribution is 8.00. The van der Waals surface area contributed by atoms with Crippen LogP contribution in [0.2, 0.25) is 0 Å². The number of anilines is 2. The summed E-state index contributed by atoms with van der Waals surface area (Å²) in [5.74, 6) is 0.228. The van der Waals surface area contributed by atoms with Gasteiger partial charge in [0.05, 0.1) is 28.2 Å². The Morgan fingerprint density at radius 2 is 1.90 bits per heavy atom. The SMILES string of the molecule is O=C(Nc1nc2ccccc2s1)c1ccc(CN2C(=O)CSc3ncccc32)cc1. The summed E-state index contributed by atoms with van der Waals surface area (Å²) in [7, 11) is 0. The fraction of sp³-hybridized carbons (Fsp3) is 0.0909. The topological polar surface area (TPSA) is 75.2 Å². The number of thioether (sulfide) groups is 1. The van der Waals surface area contributed by atoms with Crippen LogP contribution in [0.3, 0.4) is 0 Å². The van der Waals surface area contributed by atoms with E-state index in [4.69, 9.17) is 0 Å². The predicted molar refractivity (Wildman–Crippen MR) is 120 cm³/mol. The molecule has 0 fully saturated rings. The molecule has 2 aromatic carbocycles. The first kappa shape index (κ1) is 18.8. The molecule has 5 rings (SSSR count). The van der Waals surface area contributed by atoms with Gasteiger partial charge in [-0.3, -0.25) is 14.9 Å². The van der Waals surface area contributed by atoms with Crippen molar-refractivity contribution >= 4 is 55.9 Å². The van der Waals surface area contributed by atoms with Crippen LogP contribution in [0.1, 0.15) is 15.9 Å². The molecule has 6 nitrogen and oxygen atoms in total. The molecule has 1 aliphatic heterocycles. The number of hydrogen-bond donors (Lipinski definition) is 1. The molecule has 1 aliphatic rings. The lowest BCUT2D eigenvalue weighted by atomic mass is 10.1. The summed E-state index contributed by atoms with van der Waals surface area (Å²) < 4.78 is 1.03. The molecule has 0 bridgehead atoms. The molecule has 4 aromatic rings. The third-order valence-corrected chi connectivity index (χ3v) is 6.68. The Morgan fingerprint density at radius 1 is 1.07 bits per heavy atom. The number of benzene rings is 2. The molecule has 2 amide bonds. The summed E-state index contributed by atoms with van der Waals surface area (Å²) >= 11 is 2.90. The highest BCUT2D eigenvalue weighted by atomic mass is 32.2. The normalized spacial score (nSPS) is 13.3. The molecular weight excluding hydrogens is 416 g/mol. The molecule has 2 aromatic heterocycles. The zero-order valence-corrected chi connectivity index (χ0v) is 17.4. The number of fused-ring (bicyclic) bond motifs is 2. The Morgan fingerprint density at radius 3 is 2.73 bits per heavy atom. The number of thiazole rings is 1. The van der Waals surface area contributed by atoms with Crippen molar-refractivity contribution in [2.45, 2.75) is 11.6 Å². The van der Waals surface area contributed by atoms with Gasteiger partial charge in [0.1, 0.15) is 5.03 Å². The van der Waals surface area contributed by atoms with Crippen molar-refractivity contribution in [3.63, 3.8) is 0 Å². The molecule has 0 spiro atoms. The lowest BCUT2D eigenvalue weighted by Gasteiger charge is -2.28. The fourth-order valence-corrected chi connectivity index (χ4v) is 4.99. The Kier molecular flexibility index (Phi) is 4.94. The van der Waals surface area contributed by atoms with E-state index in [1.54, 1.807) is 23.2 Å². The molecule has 0 aliphatic carbocycles. The minimum atomic E-state index is -0.208. The van der Waals surface area contributed by atoms with Crippen LogP contribution < -0.4 is 10.2 Å². The molecule has 148 valence electrons. The molecular formula is C22H16N4O2S2. The van der Waals surface area contributed by atoms with Gasteiger partial charge in [-0.25, -0.2) is 9.97 Å². The second-order valence-corrected chi connectivity index (χ2v) is 8.73. The second-order valence-electron chi connectivity index (χ2n) is 6.73. The summed E-state index contributed by atoms with van der Waals surface area (Å²) in [5, 5.41) is 4.30. The Hall–Kier alpha value is -3.23. The van der Waals surface area contributed by atoms with Gasteiger partial charge in [-0.2, -0.15) is 0 Å². The van der Waals surface area contributed by atoms with Crippen molar-refractivity contribution in [3.05, 3.63) is 78.0 Å². The number of para-hydroxylation sites is 1. The molecule has 30 heavy (non-hydrogen) atoms. The van der Waals surface area contributed by atoms with Crippen molar-refractivity contribution in [1.82, 2.24) is 9.97 Å². The molecule has 1 N–H and O–H groups in total. The standard InChI is InChI=1S/C22H16N4O2S2/c27-19-13-29-21-17(5-3-11-23-21)26(19)12-14-7-9-15(10-8-14)20(28)25-22-24-16-4-1-2-6-18(16)30-22/h1-11H,12-13H2,(H,24,25,28). The van der Waals surface area contributed by atoms with E-state index in [-0.39, 0.29) is 11.8 Å². The molecule has 0 saturated heterocycles. The third kappa shape index (κ3) is 3.67.